The second kappa shape index (κ2) is 8.36. The van der Waals surface area contributed by atoms with Crippen LogP contribution in [0, 0.1) is 12.8 Å². The van der Waals surface area contributed by atoms with Gasteiger partial charge in [0, 0.05) is 25.1 Å². The van der Waals surface area contributed by atoms with Crippen LogP contribution in [0.1, 0.15) is 29.1 Å². The van der Waals surface area contributed by atoms with Crippen LogP contribution in [0.5, 0.6) is 5.75 Å². The number of carbonyl (C=O) groups excluding carboxylic acids is 1. The van der Waals surface area contributed by atoms with Crippen molar-refractivity contribution in [1.29, 1.82) is 0 Å². The predicted molar refractivity (Wildman–Crippen MR) is 116 cm³/mol. The molecular weight excluding hydrogens is 436 g/mol. The van der Waals surface area contributed by atoms with E-state index < -0.39 is 11.5 Å². The lowest BCUT2D eigenvalue weighted by Crippen LogP contribution is -2.46. The SMILES string of the molecule is COC[C@@H](C1CC1)N1CCOc2c1cc(C(=O)Nc1nnc(-n3nccc3C)s1)oc2=O. The molecule has 4 heterocycles. The minimum Gasteiger partial charge on any atom is -0.483 e. The number of fused-ring (bicyclic) bond motifs is 1. The van der Waals surface area contributed by atoms with Gasteiger partial charge in [-0.1, -0.05) is 11.3 Å². The molecule has 1 atom stereocenters. The molecule has 168 valence electrons. The van der Waals surface area contributed by atoms with Crippen molar-refractivity contribution in [2.75, 3.05) is 37.1 Å². The van der Waals surface area contributed by atoms with Gasteiger partial charge in [-0.3, -0.25) is 10.1 Å². The highest BCUT2D eigenvalue weighted by Crippen LogP contribution is 2.40. The number of ether oxygens (including phenoxy) is 2. The van der Waals surface area contributed by atoms with Gasteiger partial charge < -0.3 is 18.8 Å². The lowest BCUT2D eigenvalue weighted by Gasteiger charge is -2.37. The first-order chi connectivity index (χ1) is 15.5. The van der Waals surface area contributed by atoms with Crippen molar-refractivity contribution in [2.45, 2.75) is 25.8 Å². The summed E-state index contributed by atoms with van der Waals surface area (Å²) in [6.07, 6.45) is 3.89. The standard InChI is InChI=1S/C20H22N6O5S/c1-11-5-6-21-26(11)20-24-23-19(32-20)22-17(27)15-9-13-16(18(28)31-15)30-8-7-25(13)14(10-29-2)12-3-4-12/h5-6,9,12,14H,3-4,7-8,10H2,1-2H3,(H,22,23,27)/t14-/m0/s1. The first kappa shape index (κ1) is 20.6. The lowest BCUT2D eigenvalue weighted by molar-refractivity contribution is 0.0990. The third-order valence-electron chi connectivity index (χ3n) is 5.55. The Labute approximate surface area is 187 Å². The van der Waals surface area contributed by atoms with Crippen LogP contribution >= 0.6 is 11.3 Å². The highest BCUT2D eigenvalue weighted by Gasteiger charge is 2.38. The van der Waals surface area contributed by atoms with Crippen molar-refractivity contribution >= 4 is 28.1 Å². The minimum absolute atomic E-state index is 0.114. The third kappa shape index (κ3) is 3.86. The van der Waals surface area contributed by atoms with E-state index in [-0.39, 0.29) is 22.7 Å². The van der Waals surface area contributed by atoms with E-state index in [1.165, 1.54) is 0 Å². The van der Waals surface area contributed by atoms with Gasteiger partial charge >= 0.3 is 5.63 Å². The Balaban J connectivity index is 1.41. The van der Waals surface area contributed by atoms with Gasteiger partial charge in [0.05, 0.1) is 24.9 Å². The van der Waals surface area contributed by atoms with Crippen LogP contribution < -0.4 is 20.6 Å². The van der Waals surface area contributed by atoms with E-state index >= 15 is 0 Å². The van der Waals surface area contributed by atoms with Gasteiger partial charge in [0.1, 0.15) is 6.61 Å². The van der Waals surface area contributed by atoms with Crippen LogP contribution in [-0.2, 0) is 4.74 Å². The van der Waals surface area contributed by atoms with E-state index in [0.29, 0.717) is 36.5 Å². The lowest BCUT2D eigenvalue weighted by atomic mass is 10.1. The van der Waals surface area contributed by atoms with Crippen molar-refractivity contribution in [1.82, 2.24) is 20.0 Å². The van der Waals surface area contributed by atoms with Crippen molar-refractivity contribution in [3.05, 3.63) is 40.2 Å². The number of carbonyl (C=O) groups is 1. The maximum atomic E-state index is 12.9. The molecule has 1 N–H and O–H groups in total. The highest BCUT2D eigenvalue weighted by atomic mass is 32.1. The number of aryl methyl sites for hydroxylation is 1. The minimum atomic E-state index is -0.686. The Bertz CT molecular complexity index is 1200. The quantitative estimate of drug-likeness (QED) is 0.565. The average Bonchev–Trinajstić information content (AvgIpc) is 3.38. The summed E-state index contributed by atoms with van der Waals surface area (Å²) in [5.74, 6) is -0.0915. The van der Waals surface area contributed by atoms with Crippen LogP contribution in [-0.4, -0.2) is 58.8 Å². The van der Waals surface area contributed by atoms with Gasteiger partial charge in [0.15, 0.2) is 5.76 Å². The smallest absolute Gasteiger partial charge is 0.381 e. The molecular formula is C20H22N6O5S. The Hall–Kier alpha value is -3.25. The van der Waals surface area contributed by atoms with Crippen LogP contribution in [0.15, 0.2) is 27.5 Å². The van der Waals surface area contributed by atoms with Gasteiger partial charge in [0.25, 0.3) is 5.91 Å². The average molecular weight is 459 g/mol. The number of amides is 1. The number of aromatic nitrogens is 4. The number of hydrogen-bond donors (Lipinski definition) is 1. The molecule has 0 radical (unpaired) electrons. The second-order valence-corrected chi connectivity index (χ2v) is 8.70. The van der Waals surface area contributed by atoms with Crippen molar-refractivity contribution in [2.24, 2.45) is 5.92 Å². The number of nitrogens with zero attached hydrogens (tertiary/aromatic N) is 5. The maximum Gasteiger partial charge on any atom is 0.381 e. The summed E-state index contributed by atoms with van der Waals surface area (Å²) in [5.41, 5.74) is 0.757. The fourth-order valence-electron chi connectivity index (χ4n) is 3.85. The summed E-state index contributed by atoms with van der Waals surface area (Å²) < 4.78 is 17.9. The normalized spacial score (nSPS) is 16.4. The summed E-state index contributed by atoms with van der Waals surface area (Å²) in [6, 6.07) is 3.51. The third-order valence-corrected chi connectivity index (χ3v) is 6.37. The van der Waals surface area contributed by atoms with E-state index in [2.05, 4.69) is 25.5 Å². The zero-order chi connectivity index (χ0) is 22.2. The molecule has 2 aliphatic rings. The van der Waals surface area contributed by atoms with Gasteiger partial charge in [-0.15, -0.1) is 10.2 Å². The van der Waals surface area contributed by atoms with Gasteiger partial charge in [-0.2, -0.15) is 5.10 Å². The molecule has 0 bridgehead atoms. The fraction of sp³-hybridized carbons (Fsp3) is 0.450. The zero-order valence-electron chi connectivity index (χ0n) is 17.6. The van der Waals surface area contributed by atoms with Crippen LogP contribution in [0.3, 0.4) is 0 Å². The molecule has 3 aromatic heterocycles. The molecule has 32 heavy (non-hydrogen) atoms. The largest absolute Gasteiger partial charge is 0.483 e. The molecule has 11 nitrogen and oxygen atoms in total. The van der Waals surface area contributed by atoms with Crippen LogP contribution in [0.2, 0.25) is 0 Å². The van der Waals surface area contributed by atoms with Crippen molar-refractivity contribution in [3.8, 4) is 10.9 Å². The number of rotatable bonds is 7. The predicted octanol–water partition coefficient (Wildman–Crippen LogP) is 1.86. The summed E-state index contributed by atoms with van der Waals surface area (Å²) >= 11 is 1.16. The molecule has 0 spiro atoms. The molecule has 1 aliphatic heterocycles. The van der Waals surface area contributed by atoms with E-state index in [9.17, 15) is 9.59 Å². The first-order valence-corrected chi connectivity index (χ1v) is 11.1. The van der Waals surface area contributed by atoms with Gasteiger partial charge in [-0.05, 0) is 31.7 Å². The molecule has 1 amide bonds. The molecule has 1 fully saturated rings. The highest BCUT2D eigenvalue weighted by molar-refractivity contribution is 7.17. The Morgan fingerprint density at radius 1 is 1.41 bits per heavy atom. The molecule has 3 aromatic rings. The summed E-state index contributed by atoms with van der Waals surface area (Å²) in [4.78, 5) is 27.5. The summed E-state index contributed by atoms with van der Waals surface area (Å²) in [6.45, 7) is 3.40. The second-order valence-electron chi connectivity index (χ2n) is 7.74. The molecule has 1 saturated carbocycles. The zero-order valence-corrected chi connectivity index (χ0v) is 18.4. The van der Waals surface area contributed by atoms with Crippen molar-refractivity contribution in [3.63, 3.8) is 0 Å². The first-order valence-electron chi connectivity index (χ1n) is 10.3. The van der Waals surface area contributed by atoms with E-state index in [1.54, 1.807) is 24.1 Å². The van der Waals surface area contributed by atoms with Gasteiger partial charge in [-0.25, -0.2) is 9.48 Å². The van der Waals surface area contributed by atoms with E-state index in [0.717, 1.165) is 29.9 Å². The Morgan fingerprint density at radius 2 is 2.25 bits per heavy atom. The fourth-order valence-corrected chi connectivity index (χ4v) is 4.61. The monoisotopic (exact) mass is 458 g/mol. The molecule has 0 unspecified atom stereocenters. The van der Waals surface area contributed by atoms with Crippen LogP contribution in [0.4, 0.5) is 10.8 Å². The Kier molecular flexibility index (Phi) is 5.39. The molecule has 1 aliphatic carbocycles. The number of methoxy groups -OCH3 is 1. The molecule has 5 rings (SSSR count). The topological polar surface area (TPSA) is 125 Å². The van der Waals surface area contributed by atoms with Crippen LogP contribution in [0.25, 0.3) is 5.13 Å². The number of hydrogen-bond acceptors (Lipinski definition) is 10. The molecule has 0 saturated heterocycles. The molecule has 12 heteroatoms. The number of nitrogens with one attached hydrogen (secondary N) is 1. The summed E-state index contributed by atoms with van der Waals surface area (Å²) in [7, 11) is 1.66. The van der Waals surface area contributed by atoms with E-state index in [4.69, 9.17) is 13.9 Å². The number of anilines is 2. The van der Waals surface area contributed by atoms with E-state index in [1.807, 2.05) is 13.0 Å². The molecule has 0 aromatic carbocycles. The summed E-state index contributed by atoms with van der Waals surface area (Å²) in [5, 5.41) is 15.7. The Morgan fingerprint density at radius 3 is 2.97 bits per heavy atom. The van der Waals surface area contributed by atoms with Gasteiger partial charge in [0.2, 0.25) is 16.0 Å². The maximum absolute atomic E-state index is 12.9. The van der Waals surface area contributed by atoms with Crippen molar-refractivity contribution < 1.29 is 18.7 Å².